The summed E-state index contributed by atoms with van der Waals surface area (Å²) in [6.45, 7) is 3.59. The third kappa shape index (κ3) is 5.35. The van der Waals surface area contributed by atoms with Crippen LogP contribution in [-0.4, -0.2) is 28.2 Å². The smallest absolute Gasteiger partial charge is 0.319 e. The zero-order chi connectivity index (χ0) is 20.8. The van der Waals surface area contributed by atoms with Gasteiger partial charge in [0.25, 0.3) is 0 Å². The predicted molar refractivity (Wildman–Crippen MR) is 111 cm³/mol. The summed E-state index contributed by atoms with van der Waals surface area (Å²) in [7, 11) is 0. The van der Waals surface area contributed by atoms with Crippen LogP contribution in [0.5, 0.6) is 0 Å². The molecule has 0 radical (unpaired) electrons. The first-order chi connectivity index (χ1) is 13.9. The molecule has 1 unspecified atom stereocenters. The van der Waals surface area contributed by atoms with Gasteiger partial charge in [-0.3, -0.25) is 10.1 Å². The molecule has 0 spiro atoms. The van der Waals surface area contributed by atoms with Crippen molar-refractivity contribution in [2.24, 2.45) is 5.92 Å². The van der Waals surface area contributed by atoms with Gasteiger partial charge < -0.3 is 10.6 Å². The van der Waals surface area contributed by atoms with Crippen molar-refractivity contribution in [1.29, 1.82) is 0 Å². The Morgan fingerprint density at radius 3 is 2.34 bits per heavy atom. The van der Waals surface area contributed by atoms with E-state index in [0.29, 0.717) is 10.1 Å². The molecule has 29 heavy (non-hydrogen) atoms. The molecule has 9 heteroatoms. The molecule has 3 N–H and O–H groups in total. The number of hydrogen-bond donors (Lipinski definition) is 3. The minimum Gasteiger partial charge on any atom is -0.326 e. The Labute approximate surface area is 171 Å². The zero-order valence-corrected chi connectivity index (χ0v) is 16.7. The van der Waals surface area contributed by atoms with E-state index in [9.17, 15) is 14.0 Å². The van der Waals surface area contributed by atoms with Crippen LogP contribution in [-0.2, 0) is 4.79 Å². The second-order valence-corrected chi connectivity index (χ2v) is 7.55. The van der Waals surface area contributed by atoms with Crippen LogP contribution in [0, 0.1) is 11.7 Å². The van der Waals surface area contributed by atoms with Crippen LogP contribution in [0.15, 0.2) is 54.6 Å². The first-order valence-corrected chi connectivity index (χ1v) is 9.77. The lowest BCUT2D eigenvalue weighted by atomic mass is 10.0. The van der Waals surface area contributed by atoms with Gasteiger partial charge in [0.1, 0.15) is 16.9 Å². The Balaban J connectivity index is 1.65. The van der Waals surface area contributed by atoms with Gasteiger partial charge in [-0.25, -0.2) is 9.18 Å². The number of benzene rings is 2. The number of rotatable bonds is 6. The molecule has 7 nitrogen and oxygen atoms in total. The first-order valence-electron chi connectivity index (χ1n) is 8.96. The van der Waals surface area contributed by atoms with Gasteiger partial charge >= 0.3 is 6.03 Å². The molecule has 0 saturated carbocycles. The molecule has 3 amide bonds. The fourth-order valence-corrected chi connectivity index (χ4v) is 3.30. The van der Waals surface area contributed by atoms with Crippen LogP contribution < -0.4 is 16.0 Å². The molecule has 3 aromatic rings. The number of carbonyl (C=O) groups excluding carboxylic acids is 2. The number of carbonyl (C=O) groups is 2. The minimum absolute atomic E-state index is 0.0320. The average molecular weight is 413 g/mol. The Hall–Kier alpha value is -3.33. The molecular formula is C20H20FN5O2S. The monoisotopic (exact) mass is 413 g/mol. The molecule has 1 aromatic heterocycles. The largest absolute Gasteiger partial charge is 0.326 e. The maximum atomic E-state index is 13.7. The normalized spacial score (nSPS) is 11.7. The van der Waals surface area contributed by atoms with E-state index in [1.807, 2.05) is 30.3 Å². The van der Waals surface area contributed by atoms with Crippen molar-refractivity contribution in [1.82, 2.24) is 15.5 Å². The summed E-state index contributed by atoms with van der Waals surface area (Å²) in [4.78, 5) is 24.9. The van der Waals surface area contributed by atoms with E-state index >= 15 is 0 Å². The van der Waals surface area contributed by atoms with E-state index in [4.69, 9.17) is 0 Å². The molecule has 0 aliphatic rings. The average Bonchev–Trinajstić information content (AvgIpc) is 3.17. The standard InChI is InChI=1S/C20H20FN5O2S/c1-12(2)16(23-19(28)22-15-11-7-6-10-14(15)21)17(27)24-20-26-25-18(29-20)13-8-4-3-5-9-13/h3-12,16H,1-2H3,(H2,22,23,28)(H,24,26,27). The number of para-hydroxylation sites is 1. The van der Waals surface area contributed by atoms with Crippen molar-refractivity contribution in [2.45, 2.75) is 19.9 Å². The number of hydrogen-bond acceptors (Lipinski definition) is 5. The van der Waals surface area contributed by atoms with Crippen LogP contribution in [0.3, 0.4) is 0 Å². The highest BCUT2D eigenvalue weighted by atomic mass is 32.1. The molecule has 0 bridgehead atoms. The lowest BCUT2D eigenvalue weighted by molar-refractivity contribution is -0.118. The third-order valence-corrected chi connectivity index (χ3v) is 4.92. The second-order valence-electron chi connectivity index (χ2n) is 6.57. The van der Waals surface area contributed by atoms with Crippen molar-refractivity contribution in [2.75, 3.05) is 10.6 Å². The lowest BCUT2D eigenvalue weighted by Crippen LogP contribution is -2.48. The van der Waals surface area contributed by atoms with Gasteiger partial charge in [-0.15, -0.1) is 10.2 Å². The van der Waals surface area contributed by atoms with Gasteiger partial charge in [-0.05, 0) is 18.1 Å². The van der Waals surface area contributed by atoms with Crippen molar-refractivity contribution in [3.63, 3.8) is 0 Å². The summed E-state index contributed by atoms with van der Waals surface area (Å²) in [6.07, 6.45) is 0. The molecule has 0 aliphatic heterocycles. The number of aromatic nitrogens is 2. The lowest BCUT2D eigenvalue weighted by Gasteiger charge is -2.21. The van der Waals surface area contributed by atoms with E-state index in [0.717, 1.165) is 5.56 Å². The minimum atomic E-state index is -0.842. The summed E-state index contributed by atoms with van der Waals surface area (Å²) in [5.41, 5.74) is 0.929. The summed E-state index contributed by atoms with van der Waals surface area (Å²) in [5.74, 6) is -1.20. The summed E-state index contributed by atoms with van der Waals surface area (Å²) in [5, 5.41) is 16.7. The van der Waals surface area contributed by atoms with Gasteiger partial charge in [0.05, 0.1) is 5.69 Å². The highest BCUT2D eigenvalue weighted by Crippen LogP contribution is 2.26. The summed E-state index contributed by atoms with van der Waals surface area (Å²) >= 11 is 1.23. The number of urea groups is 1. The van der Waals surface area contributed by atoms with E-state index in [1.165, 1.54) is 29.5 Å². The summed E-state index contributed by atoms with van der Waals surface area (Å²) in [6, 6.07) is 13.8. The van der Waals surface area contributed by atoms with Crippen molar-refractivity contribution < 1.29 is 14.0 Å². The highest BCUT2D eigenvalue weighted by Gasteiger charge is 2.25. The number of nitrogens with zero attached hydrogens (tertiary/aromatic N) is 2. The first kappa shape index (κ1) is 20.4. The number of anilines is 2. The molecule has 2 aromatic carbocycles. The SMILES string of the molecule is CC(C)C(NC(=O)Nc1ccccc1F)C(=O)Nc1nnc(-c2ccccc2)s1. The van der Waals surface area contributed by atoms with E-state index in [2.05, 4.69) is 26.1 Å². The Morgan fingerprint density at radius 1 is 0.966 bits per heavy atom. The number of amides is 3. The van der Waals surface area contributed by atoms with Gasteiger partial charge in [0.2, 0.25) is 11.0 Å². The van der Waals surface area contributed by atoms with E-state index in [-0.39, 0.29) is 11.6 Å². The quantitative estimate of drug-likeness (QED) is 0.566. The fourth-order valence-electron chi connectivity index (χ4n) is 2.55. The van der Waals surface area contributed by atoms with Gasteiger partial charge in [-0.2, -0.15) is 0 Å². The van der Waals surface area contributed by atoms with Crippen LogP contribution >= 0.6 is 11.3 Å². The molecule has 0 fully saturated rings. The van der Waals surface area contributed by atoms with Crippen LogP contribution in [0.25, 0.3) is 10.6 Å². The Morgan fingerprint density at radius 2 is 1.66 bits per heavy atom. The highest BCUT2D eigenvalue weighted by molar-refractivity contribution is 7.18. The van der Waals surface area contributed by atoms with Gasteiger partial charge in [-0.1, -0.05) is 67.6 Å². The van der Waals surface area contributed by atoms with Crippen molar-refractivity contribution in [3.8, 4) is 10.6 Å². The summed E-state index contributed by atoms with van der Waals surface area (Å²) < 4.78 is 13.7. The number of nitrogens with one attached hydrogen (secondary N) is 3. The predicted octanol–water partition coefficient (Wildman–Crippen LogP) is 4.13. The molecule has 0 aliphatic carbocycles. The molecule has 0 saturated heterocycles. The van der Waals surface area contributed by atoms with E-state index in [1.54, 1.807) is 19.9 Å². The molecule has 1 atom stereocenters. The zero-order valence-electron chi connectivity index (χ0n) is 15.8. The fraction of sp³-hybridized carbons (Fsp3) is 0.200. The van der Waals surface area contributed by atoms with Crippen molar-refractivity contribution in [3.05, 3.63) is 60.4 Å². The topological polar surface area (TPSA) is 96.0 Å². The van der Waals surface area contributed by atoms with E-state index < -0.39 is 23.8 Å². The van der Waals surface area contributed by atoms with Crippen LogP contribution in [0.4, 0.5) is 20.0 Å². The Kier molecular flexibility index (Phi) is 6.50. The third-order valence-electron chi connectivity index (χ3n) is 4.03. The molecule has 3 rings (SSSR count). The Bertz CT molecular complexity index is 993. The molecule has 150 valence electrons. The second kappa shape index (κ2) is 9.24. The van der Waals surface area contributed by atoms with Crippen LogP contribution in [0.2, 0.25) is 0 Å². The maximum absolute atomic E-state index is 13.7. The van der Waals surface area contributed by atoms with Crippen LogP contribution in [0.1, 0.15) is 13.8 Å². The van der Waals surface area contributed by atoms with Gasteiger partial charge in [0, 0.05) is 5.56 Å². The molecular weight excluding hydrogens is 393 g/mol. The maximum Gasteiger partial charge on any atom is 0.319 e. The number of halogens is 1. The van der Waals surface area contributed by atoms with Gasteiger partial charge in [0.15, 0.2) is 0 Å². The molecule has 1 heterocycles. The van der Waals surface area contributed by atoms with Crippen molar-refractivity contribution >= 4 is 34.1 Å².